The fraction of sp³-hybridized carbons (Fsp3) is 0.588. The molecule has 8 heteroatoms. The van der Waals surface area contributed by atoms with Crippen LogP contribution in [-0.4, -0.2) is 41.7 Å². The van der Waals surface area contributed by atoms with Gasteiger partial charge in [0.15, 0.2) is 0 Å². The largest absolute Gasteiger partial charge is 0.481 e. The van der Waals surface area contributed by atoms with Crippen LogP contribution in [0.5, 0.6) is 0 Å². The van der Waals surface area contributed by atoms with Crippen LogP contribution in [0.1, 0.15) is 30.4 Å². The molecule has 1 aromatic carbocycles. The van der Waals surface area contributed by atoms with Crippen LogP contribution in [-0.2, 0) is 17.5 Å². The molecule has 0 bridgehead atoms. The number of carbonyl (C=O) groups is 1. The molecular formula is C17H20F4N2O2. The number of benzene rings is 1. The molecule has 1 aromatic rings. The van der Waals surface area contributed by atoms with Gasteiger partial charge in [0, 0.05) is 31.2 Å². The number of likely N-dealkylation sites (tertiary alicyclic amines) is 1. The second kappa shape index (κ2) is 6.57. The summed E-state index contributed by atoms with van der Waals surface area (Å²) in [5, 5.41) is 13.0. The maximum atomic E-state index is 14.1. The molecule has 0 unspecified atom stereocenters. The summed E-state index contributed by atoms with van der Waals surface area (Å²) in [6, 6.07) is 2.38. The fourth-order valence-corrected chi connectivity index (χ4v) is 3.96. The first-order chi connectivity index (χ1) is 11.7. The predicted octanol–water partition coefficient (Wildman–Crippen LogP) is 2.87. The number of halogens is 4. The van der Waals surface area contributed by atoms with Crippen LogP contribution in [0, 0.1) is 11.2 Å². The van der Waals surface area contributed by atoms with Crippen LogP contribution in [0.4, 0.5) is 17.6 Å². The van der Waals surface area contributed by atoms with Crippen molar-refractivity contribution in [1.82, 2.24) is 10.2 Å². The smallest absolute Gasteiger partial charge is 0.416 e. The molecule has 0 amide bonds. The summed E-state index contributed by atoms with van der Waals surface area (Å²) in [6.07, 6.45) is -2.66. The zero-order chi connectivity index (χ0) is 18.2. The van der Waals surface area contributed by atoms with Gasteiger partial charge >= 0.3 is 12.1 Å². The van der Waals surface area contributed by atoms with Crippen molar-refractivity contribution in [3.05, 3.63) is 35.1 Å². The Morgan fingerprint density at radius 2 is 2.16 bits per heavy atom. The number of hydrogen-bond donors (Lipinski definition) is 2. The molecule has 0 saturated carbocycles. The molecule has 0 aliphatic carbocycles. The SMILES string of the molecule is O=C(O)[C@]12CCCN[C@@H]1CCN(Cc1ccc(C(F)(F)F)cc1F)C2. The first-order valence-corrected chi connectivity index (χ1v) is 8.27. The Hall–Kier alpha value is -1.67. The Bertz CT molecular complexity index is 665. The van der Waals surface area contributed by atoms with Crippen LogP contribution < -0.4 is 5.32 Å². The van der Waals surface area contributed by atoms with Gasteiger partial charge in [-0.1, -0.05) is 6.07 Å². The summed E-state index contributed by atoms with van der Waals surface area (Å²) in [4.78, 5) is 13.7. The van der Waals surface area contributed by atoms with E-state index in [9.17, 15) is 27.5 Å². The third kappa shape index (κ3) is 3.50. The highest BCUT2D eigenvalue weighted by atomic mass is 19.4. The highest BCUT2D eigenvalue weighted by Crippen LogP contribution is 2.38. The molecule has 25 heavy (non-hydrogen) atoms. The molecule has 2 aliphatic heterocycles. The molecule has 0 spiro atoms. The van der Waals surface area contributed by atoms with E-state index in [2.05, 4.69) is 5.32 Å². The summed E-state index contributed by atoms with van der Waals surface area (Å²) < 4.78 is 52.0. The van der Waals surface area contributed by atoms with Gasteiger partial charge < -0.3 is 10.4 Å². The van der Waals surface area contributed by atoms with Crippen molar-refractivity contribution in [2.24, 2.45) is 5.41 Å². The molecule has 0 radical (unpaired) electrons. The molecule has 3 rings (SSSR count). The molecule has 2 atom stereocenters. The number of nitrogens with zero attached hydrogens (tertiary/aromatic N) is 1. The normalized spacial score (nSPS) is 27.8. The quantitative estimate of drug-likeness (QED) is 0.814. The standard InChI is InChI=1S/C17H20F4N2O2/c18-13-8-12(17(19,20)21)3-2-11(13)9-23-7-4-14-16(10-23,15(24)25)5-1-6-22-14/h2-3,8,14,22H,1,4-7,9-10H2,(H,24,25)/t14-,16+/m1/s1. The molecule has 2 N–H and O–H groups in total. The second-order valence-corrected chi connectivity index (χ2v) is 6.87. The van der Waals surface area contributed by atoms with Gasteiger partial charge in [-0.2, -0.15) is 13.2 Å². The highest BCUT2D eigenvalue weighted by Gasteiger charge is 2.50. The minimum absolute atomic E-state index is 0.103. The van der Waals surface area contributed by atoms with Crippen LogP contribution in [0.3, 0.4) is 0 Å². The monoisotopic (exact) mass is 360 g/mol. The lowest BCUT2D eigenvalue weighted by Crippen LogP contribution is -2.62. The van der Waals surface area contributed by atoms with E-state index in [1.165, 1.54) is 0 Å². The van der Waals surface area contributed by atoms with Crippen LogP contribution in [0.2, 0.25) is 0 Å². The van der Waals surface area contributed by atoms with Crippen molar-refractivity contribution in [1.29, 1.82) is 0 Å². The van der Waals surface area contributed by atoms with Gasteiger partial charge in [0.25, 0.3) is 0 Å². The lowest BCUT2D eigenvalue weighted by Gasteiger charge is -2.48. The lowest BCUT2D eigenvalue weighted by atomic mass is 9.70. The number of hydrogen-bond acceptors (Lipinski definition) is 3. The fourth-order valence-electron chi connectivity index (χ4n) is 3.96. The van der Waals surface area contributed by atoms with Crippen molar-refractivity contribution in [3.8, 4) is 0 Å². The van der Waals surface area contributed by atoms with Crippen molar-refractivity contribution >= 4 is 5.97 Å². The number of aliphatic carboxylic acids is 1. The Kier molecular flexibility index (Phi) is 4.76. The number of alkyl halides is 3. The zero-order valence-electron chi connectivity index (χ0n) is 13.6. The molecule has 4 nitrogen and oxygen atoms in total. The number of nitrogens with one attached hydrogen (secondary N) is 1. The first kappa shape index (κ1) is 18.1. The average Bonchev–Trinajstić information content (AvgIpc) is 2.55. The predicted molar refractivity (Wildman–Crippen MR) is 82.4 cm³/mol. The number of carboxylic acid groups (broad SMARTS) is 1. The number of fused-ring (bicyclic) bond motifs is 1. The number of carboxylic acids is 1. The molecule has 2 heterocycles. The Morgan fingerprint density at radius 1 is 1.40 bits per heavy atom. The van der Waals surface area contributed by atoms with Crippen molar-refractivity contribution in [3.63, 3.8) is 0 Å². The first-order valence-electron chi connectivity index (χ1n) is 8.27. The Balaban J connectivity index is 1.76. The third-order valence-corrected chi connectivity index (χ3v) is 5.30. The average molecular weight is 360 g/mol. The van der Waals surface area contributed by atoms with Crippen LogP contribution in [0.15, 0.2) is 18.2 Å². The molecular weight excluding hydrogens is 340 g/mol. The molecule has 2 fully saturated rings. The summed E-state index contributed by atoms with van der Waals surface area (Å²) in [5.41, 5.74) is -1.79. The molecule has 0 aromatic heterocycles. The van der Waals surface area contributed by atoms with Crippen LogP contribution in [0.25, 0.3) is 0 Å². The zero-order valence-corrected chi connectivity index (χ0v) is 13.6. The van der Waals surface area contributed by atoms with Gasteiger partial charge in [-0.15, -0.1) is 0 Å². The van der Waals surface area contributed by atoms with Crippen molar-refractivity contribution in [2.45, 2.75) is 38.0 Å². The third-order valence-electron chi connectivity index (χ3n) is 5.30. The second-order valence-electron chi connectivity index (χ2n) is 6.87. The summed E-state index contributed by atoms with van der Waals surface area (Å²) in [7, 11) is 0. The maximum absolute atomic E-state index is 14.1. The van der Waals surface area contributed by atoms with E-state index in [0.29, 0.717) is 25.5 Å². The van der Waals surface area contributed by atoms with E-state index in [1.54, 1.807) is 0 Å². The molecule has 138 valence electrons. The van der Waals surface area contributed by atoms with Gasteiger partial charge in [-0.3, -0.25) is 9.69 Å². The lowest BCUT2D eigenvalue weighted by molar-refractivity contribution is -0.157. The summed E-state index contributed by atoms with van der Waals surface area (Å²) in [6.45, 7) is 1.73. The van der Waals surface area contributed by atoms with E-state index >= 15 is 0 Å². The summed E-state index contributed by atoms with van der Waals surface area (Å²) in [5.74, 6) is -1.79. The van der Waals surface area contributed by atoms with Crippen LogP contribution >= 0.6 is 0 Å². The van der Waals surface area contributed by atoms with Crippen molar-refractivity contribution in [2.75, 3.05) is 19.6 Å². The highest BCUT2D eigenvalue weighted by molar-refractivity contribution is 5.76. The van der Waals surface area contributed by atoms with E-state index < -0.39 is 28.9 Å². The van der Waals surface area contributed by atoms with Gasteiger partial charge in [0.05, 0.1) is 11.0 Å². The topological polar surface area (TPSA) is 52.6 Å². The Morgan fingerprint density at radius 3 is 2.80 bits per heavy atom. The van der Waals surface area contributed by atoms with Gasteiger partial charge in [-0.25, -0.2) is 4.39 Å². The number of rotatable bonds is 3. The van der Waals surface area contributed by atoms with Gasteiger partial charge in [0.2, 0.25) is 0 Å². The van der Waals surface area contributed by atoms with E-state index in [-0.39, 0.29) is 24.7 Å². The maximum Gasteiger partial charge on any atom is 0.416 e. The Labute approximate surface area is 142 Å². The van der Waals surface area contributed by atoms with E-state index in [4.69, 9.17) is 0 Å². The minimum Gasteiger partial charge on any atom is -0.481 e. The van der Waals surface area contributed by atoms with E-state index in [1.807, 2.05) is 4.90 Å². The minimum atomic E-state index is -4.58. The number of piperidine rings is 2. The van der Waals surface area contributed by atoms with E-state index in [0.717, 1.165) is 25.1 Å². The van der Waals surface area contributed by atoms with Gasteiger partial charge in [-0.05, 0) is 37.9 Å². The molecule has 2 aliphatic rings. The van der Waals surface area contributed by atoms with Crippen molar-refractivity contribution < 1.29 is 27.5 Å². The summed E-state index contributed by atoms with van der Waals surface area (Å²) >= 11 is 0. The molecule has 2 saturated heterocycles. The van der Waals surface area contributed by atoms with Gasteiger partial charge in [0.1, 0.15) is 5.82 Å².